The van der Waals surface area contributed by atoms with Gasteiger partial charge in [0.1, 0.15) is 5.56 Å². The molecule has 0 saturated heterocycles. The molecule has 0 spiro atoms. The average molecular weight is 285 g/mol. The SMILES string of the molecule is CCCC[C@H](CC)NC(=O)c1cc(Cl)c(C)[nH]c1=O. The van der Waals surface area contributed by atoms with Crippen LogP contribution in [0.15, 0.2) is 10.9 Å². The summed E-state index contributed by atoms with van der Waals surface area (Å²) >= 11 is 5.93. The van der Waals surface area contributed by atoms with Crippen molar-refractivity contribution in [2.45, 2.75) is 52.5 Å². The summed E-state index contributed by atoms with van der Waals surface area (Å²) in [5.41, 5.74) is 0.247. The maximum atomic E-state index is 12.1. The molecule has 0 aromatic carbocycles. The van der Waals surface area contributed by atoms with Gasteiger partial charge >= 0.3 is 0 Å². The van der Waals surface area contributed by atoms with Crippen molar-refractivity contribution < 1.29 is 4.79 Å². The fraction of sp³-hybridized carbons (Fsp3) is 0.571. The molecule has 0 unspecified atom stereocenters. The van der Waals surface area contributed by atoms with Gasteiger partial charge in [-0.15, -0.1) is 0 Å². The Balaban J connectivity index is 2.83. The molecule has 1 aromatic rings. The van der Waals surface area contributed by atoms with Gasteiger partial charge in [-0.1, -0.05) is 38.3 Å². The third-order valence-corrected chi connectivity index (χ3v) is 3.55. The first-order chi connectivity index (χ1) is 8.99. The molecule has 0 bridgehead atoms. The van der Waals surface area contributed by atoms with E-state index in [4.69, 9.17) is 11.6 Å². The second-order valence-electron chi connectivity index (χ2n) is 4.71. The van der Waals surface area contributed by atoms with Gasteiger partial charge in [-0.3, -0.25) is 9.59 Å². The van der Waals surface area contributed by atoms with E-state index in [1.165, 1.54) is 6.07 Å². The maximum absolute atomic E-state index is 12.1. The van der Waals surface area contributed by atoms with E-state index in [1.807, 2.05) is 6.92 Å². The van der Waals surface area contributed by atoms with Crippen LogP contribution in [0.5, 0.6) is 0 Å². The highest BCUT2D eigenvalue weighted by atomic mass is 35.5. The largest absolute Gasteiger partial charge is 0.349 e. The number of carbonyl (C=O) groups excluding carboxylic acids is 1. The summed E-state index contributed by atoms with van der Waals surface area (Å²) in [4.78, 5) is 26.4. The number of amides is 1. The third-order valence-electron chi connectivity index (χ3n) is 3.15. The first kappa shape index (κ1) is 15.8. The molecule has 1 amide bonds. The fourth-order valence-corrected chi connectivity index (χ4v) is 2.01. The summed E-state index contributed by atoms with van der Waals surface area (Å²) < 4.78 is 0. The lowest BCUT2D eigenvalue weighted by Gasteiger charge is -2.16. The van der Waals surface area contributed by atoms with Crippen LogP contribution in [-0.4, -0.2) is 16.9 Å². The highest BCUT2D eigenvalue weighted by Gasteiger charge is 2.16. The molecule has 1 aromatic heterocycles. The Labute approximate surface area is 118 Å². The topological polar surface area (TPSA) is 62.0 Å². The predicted octanol–water partition coefficient (Wildman–Crippen LogP) is 3.04. The van der Waals surface area contributed by atoms with Gasteiger partial charge in [-0.2, -0.15) is 0 Å². The van der Waals surface area contributed by atoms with E-state index in [0.717, 1.165) is 25.7 Å². The molecule has 1 heterocycles. The van der Waals surface area contributed by atoms with Crippen molar-refractivity contribution >= 4 is 17.5 Å². The quantitative estimate of drug-likeness (QED) is 0.843. The van der Waals surface area contributed by atoms with Crippen LogP contribution in [0.2, 0.25) is 5.02 Å². The molecule has 1 rings (SSSR count). The van der Waals surface area contributed by atoms with Crippen LogP contribution in [-0.2, 0) is 0 Å². The molecule has 0 fully saturated rings. The number of aryl methyl sites for hydroxylation is 1. The molecule has 4 nitrogen and oxygen atoms in total. The zero-order valence-electron chi connectivity index (χ0n) is 11.7. The lowest BCUT2D eigenvalue weighted by molar-refractivity contribution is 0.0932. The van der Waals surface area contributed by atoms with Crippen molar-refractivity contribution in [3.8, 4) is 0 Å². The Morgan fingerprint density at radius 2 is 2.16 bits per heavy atom. The summed E-state index contributed by atoms with van der Waals surface area (Å²) in [7, 11) is 0. The van der Waals surface area contributed by atoms with Gasteiger partial charge in [0.2, 0.25) is 0 Å². The van der Waals surface area contributed by atoms with Gasteiger partial charge in [-0.25, -0.2) is 0 Å². The number of aromatic amines is 1. The van der Waals surface area contributed by atoms with Crippen molar-refractivity contribution in [1.82, 2.24) is 10.3 Å². The van der Waals surface area contributed by atoms with Crippen LogP contribution < -0.4 is 10.9 Å². The Kier molecular flexibility index (Phi) is 6.09. The minimum Gasteiger partial charge on any atom is -0.349 e. The van der Waals surface area contributed by atoms with Crippen LogP contribution >= 0.6 is 11.6 Å². The number of halogens is 1. The molecule has 0 aliphatic rings. The molecule has 19 heavy (non-hydrogen) atoms. The molecule has 0 aliphatic heterocycles. The molecule has 1 atom stereocenters. The minimum atomic E-state index is -0.398. The molecular weight excluding hydrogens is 264 g/mol. The second kappa shape index (κ2) is 7.34. The van der Waals surface area contributed by atoms with Crippen LogP contribution in [0.3, 0.4) is 0 Å². The molecule has 0 aliphatic carbocycles. The van der Waals surface area contributed by atoms with Crippen molar-refractivity contribution in [2.75, 3.05) is 0 Å². The van der Waals surface area contributed by atoms with E-state index in [1.54, 1.807) is 6.92 Å². The van der Waals surface area contributed by atoms with Crippen LogP contribution in [0.25, 0.3) is 0 Å². The zero-order chi connectivity index (χ0) is 14.4. The van der Waals surface area contributed by atoms with Crippen LogP contribution in [0.4, 0.5) is 0 Å². The van der Waals surface area contributed by atoms with Gasteiger partial charge in [0, 0.05) is 11.7 Å². The minimum absolute atomic E-state index is 0.0746. The highest BCUT2D eigenvalue weighted by Crippen LogP contribution is 2.12. The van der Waals surface area contributed by atoms with E-state index in [2.05, 4.69) is 17.2 Å². The van der Waals surface area contributed by atoms with Gasteiger partial charge in [0.05, 0.1) is 5.02 Å². The summed E-state index contributed by atoms with van der Waals surface area (Å²) in [5.74, 6) is -0.355. The molecule has 0 saturated carbocycles. The molecule has 106 valence electrons. The normalized spacial score (nSPS) is 12.2. The van der Waals surface area contributed by atoms with E-state index in [-0.39, 0.29) is 17.5 Å². The number of rotatable bonds is 6. The Morgan fingerprint density at radius 3 is 2.74 bits per heavy atom. The van der Waals surface area contributed by atoms with E-state index < -0.39 is 5.56 Å². The summed E-state index contributed by atoms with van der Waals surface area (Å²) in [6.45, 7) is 5.83. The number of nitrogens with one attached hydrogen (secondary N) is 2. The van der Waals surface area contributed by atoms with E-state index in [0.29, 0.717) is 10.7 Å². The van der Waals surface area contributed by atoms with Crippen LogP contribution in [0, 0.1) is 6.92 Å². The summed E-state index contributed by atoms with van der Waals surface area (Å²) in [5, 5.41) is 3.28. The highest BCUT2D eigenvalue weighted by molar-refractivity contribution is 6.31. The number of aromatic nitrogens is 1. The van der Waals surface area contributed by atoms with Crippen molar-refractivity contribution in [3.05, 3.63) is 32.7 Å². The summed E-state index contributed by atoms with van der Waals surface area (Å²) in [6.07, 6.45) is 3.92. The second-order valence-corrected chi connectivity index (χ2v) is 5.11. The van der Waals surface area contributed by atoms with Gasteiger partial charge in [0.25, 0.3) is 11.5 Å². The molecular formula is C14H21ClN2O2. The van der Waals surface area contributed by atoms with Gasteiger partial charge in [0.15, 0.2) is 0 Å². The fourth-order valence-electron chi connectivity index (χ4n) is 1.86. The Morgan fingerprint density at radius 1 is 1.47 bits per heavy atom. The third kappa shape index (κ3) is 4.39. The Bertz CT molecular complexity index is 497. The Hall–Kier alpha value is -1.29. The number of hydrogen-bond acceptors (Lipinski definition) is 2. The maximum Gasteiger partial charge on any atom is 0.261 e. The van der Waals surface area contributed by atoms with Crippen molar-refractivity contribution in [2.24, 2.45) is 0 Å². The van der Waals surface area contributed by atoms with E-state index >= 15 is 0 Å². The monoisotopic (exact) mass is 284 g/mol. The molecule has 2 N–H and O–H groups in total. The average Bonchev–Trinajstić information content (AvgIpc) is 2.38. The van der Waals surface area contributed by atoms with Crippen molar-refractivity contribution in [1.29, 1.82) is 0 Å². The lowest BCUT2D eigenvalue weighted by atomic mass is 10.1. The van der Waals surface area contributed by atoms with Crippen molar-refractivity contribution in [3.63, 3.8) is 0 Å². The molecule has 0 radical (unpaired) electrons. The van der Waals surface area contributed by atoms with Gasteiger partial charge < -0.3 is 10.3 Å². The zero-order valence-corrected chi connectivity index (χ0v) is 12.4. The number of pyridine rings is 1. The first-order valence-corrected chi connectivity index (χ1v) is 7.07. The predicted molar refractivity (Wildman–Crippen MR) is 77.9 cm³/mol. The smallest absolute Gasteiger partial charge is 0.261 e. The number of H-pyrrole nitrogens is 1. The lowest BCUT2D eigenvalue weighted by Crippen LogP contribution is -2.37. The van der Waals surface area contributed by atoms with E-state index in [9.17, 15) is 9.59 Å². The number of hydrogen-bond donors (Lipinski definition) is 2. The first-order valence-electron chi connectivity index (χ1n) is 6.69. The number of unbranched alkanes of at least 4 members (excludes halogenated alkanes) is 1. The molecule has 5 heteroatoms. The van der Waals surface area contributed by atoms with Crippen LogP contribution in [0.1, 0.15) is 55.6 Å². The summed E-state index contributed by atoms with van der Waals surface area (Å²) in [6, 6.07) is 1.53. The standard InChI is InChI=1S/C14H21ClN2O2/c1-4-6-7-10(5-2)17-14(19)11-8-12(15)9(3)16-13(11)18/h8,10H,4-7H2,1-3H3,(H,16,18)(H,17,19)/t10-/m0/s1. The van der Waals surface area contributed by atoms with Gasteiger partial charge in [-0.05, 0) is 25.8 Å². The number of carbonyl (C=O) groups is 1.